The predicted molar refractivity (Wildman–Crippen MR) is 57.2 cm³/mol. The Balaban J connectivity index is 3.06. The Bertz CT molecular complexity index is 460. The second kappa shape index (κ2) is 4.88. The van der Waals surface area contributed by atoms with Crippen molar-refractivity contribution in [3.8, 4) is 0 Å². The van der Waals surface area contributed by atoms with Crippen molar-refractivity contribution in [3.63, 3.8) is 0 Å². The summed E-state index contributed by atoms with van der Waals surface area (Å²) in [7, 11) is -3.41. The third-order valence-corrected chi connectivity index (χ3v) is 3.35. The van der Waals surface area contributed by atoms with Crippen molar-refractivity contribution in [3.05, 3.63) is 29.8 Å². The molecule has 0 bridgehead atoms. The van der Waals surface area contributed by atoms with Crippen LogP contribution < -0.4 is 5.73 Å². The van der Waals surface area contributed by atoms with Crippen LogP contribution >= 0.6 is 0 Å². The topological polar surface area (TPSA) is 60.2 Å². The summed E-state index contributed by atoms with van der Waals surface area (Å²) in [5.74, 6) is 0. The van der Waals surface area contributed by atoms with E-state index in [0.29, 0.717) is 5.56 Å². The standard InChI is InChI=1S/C10H13F2NO2S/c1-16(14,15)9-5-3-2-4-7(9)6-8(13)10(11)12/h2-5,8,10H,6,13H2,1H3. The maximum atomic E-state index is 12.3. The van der Waals surface area contributed by atoms with Crippen LogP contribution in [0, 0.1) is 0 Å². The predicted octanol–water partition coefficient (Wildman–Crippen LogP) is 1.23. The van der Waals surface area contributed by atoms with Gasteiger partial charge in [0.1, 0.15) is 0 Å². The van der Waals surface area contributed by atoms with Gasteiger partial charge in [-0.15, -0.1) is 0 Å². The molecule has 0 fully saturated rings. The molecule has 0 saturated heterocycles. The van der Waals surface area contributed by atoms with Crippen LogP contribution in [0.1, 0.15) is 5.56 Å². The molecule has 0 aliphatic rings. The lowest BCUT2D eigenvalue weighted by atomic mass is 10.1. The van der Waals surface area contributed by atoms with E-state index in [2.05, 4.69) is 0 Å². The maximum Gasteiger partial charge on any atom is 0.253 e. The van der Waals surface area contributed by atoms with Gasteiger partial charge in [0.05, 0.1) is 10.9 Å². The Morgan fingerprint density at radius 1 is 1.31 bits per heavy atom. The minimum absolute atomic E-state index is 0.0612. The first-order valence-corrected chi connectivity index (χ1v) is 6.53. The zero-order valence-electron chi connectivity index (χ0n) is 8.73. The number of benzene rings is 1. The Morgan fingerprint density at radius 3 is 2.38 bits per heavy atom. The minimum Gasteiger partial charge on any atom is -0.323 e. The molecule has 90 valence electrons. The highest BCUT2D eigenvalue weighted by molar-refractivity contribution is 7.90. The highest BCUT2D eigenvalue weighted by atomic mass is 32.2. The van der Waals surface area contributed by atoms with Crippen molar-refractivity contribution >= 4 is 9.84 Å². The van der Waals surface area contributed by atoms with Crippen LogP contribution in [0.5, 0.6) is 0 Å². The zero-order chi connectivity index (χ0) is 12.3. The molecule has 0 saturated carbocycles. The molecule has 2 N–H and O–H groups in total. The average Bonchev–Trinajstić information content (AvgIpc) is 2.16. The van der Waals surface area contributed by atoms with Gasteiger partial charge in [-0.2, -0.15) is 0 Å². The van der Waals surface area contributed by atoms with Crippen LogP contribution in [0.15, 0.2) is 29.2 Å². The largest absolute Gasteiger partial charge is 0.323 e. The first kappa shape index (κ1) is 13.1. The van der Waals surface area contributed by atoms with Gasteiger partial charge in [-0.25, -0.2) is 17.2 Å². The quantitative estimate of drug-likeness (QED) is 0.873. The van der Waals surface area contributed by atoms with Crippen molar-refractivity contribution in [2.24, 2.45) is 5.73 Å². The van der Waals surface area contributed by atoms with Crippen LogP contribution in [-0.4, -0.2) is 27.1 Å². The van der Waals surface area contributed by atoms with E-state index in [-0.39, 0.29) is 11.3 Å². The van der Waals surface area contributed by atoms with Crippen LogP contribution in [0.2, 0.25) is 0 Å². The number of hydrogen-bond acceptors (Lipinski definition) is 3. The van der Waals surface area contributed by atoms with Crippen molar-refractivity contribution in [2.45, 2.75) is 23.8 Å². The summed E-state index contributed by atoms with van der Waals surface area (Å²) >= 11 is 0. The summed E-state index contributed by atoms with van der Waals surface area (Å²) in [5, 5.41) is 0. The maximum absolute atomic E-state index is 12.3. The molecular weight excluding hydrogens is 236 g/mol. The van der Waals surface area contributed by atoms with E-state index in [1.807, 2.05) is 0 Å². The lowest BCUT2D eigenvalue weighted by molar-refractivity contribution is 0.115. The molecule has 0 aliphatic heterocycles. The summed E-state index contributed by atoms with van der Waals surface area (Å²) in [6.45, 7) is 0. The summed E-state index contributed by atoms with van der Waals surface area (Å²) in [5.41, 5.74) is 5.55. The average molecular weight is 249 g/mol. The van der Waals surface area contributed by atoms with E-state index >= 15 is 0 Å². The molecule has 1 aromatic carbocycles. The first-order chi connectivity index (χ1) is 7.32. The van der Waals surface area contributed by atoms with E-state index in [0.717, 1.165) is 6.26 Å². The Hall–Kier alpha value is -1.01. The lowest BCUT2D eigenvalue weighted by Crippen LogP contribution is -2.31. The number of halogens is 2. The van der Waals surface area contributed by atoms with Crippen LogP contribution in [0.3, 0.4) is 0 Å². The molecule has 16 heavy (non-hydrogen) atoms. The Kier molecular flexibility index (Phi) is 3.98. The van der Waals surface area contributed by atoms with E-state index < -0.39 is 22.3 Å². The van der Waals surface area contributed by atoms with Crippen LogP contribution in [0.25, 0.3) is 0 Å². The Labute approximate surface area is 93.2 Å². The van der Waals surface area contributed by atoms with Crippen LogP contribution in [0.4, 0.5) is 8.78 Å². The van der Waals surface area contributed by atoms with E-state index in [9.17, 15) is 17.2 Å². The van der Waals surface area contributed by atoms with E-state index in [4.69, 9.17) is 5.73 Å². The smallest absolute Gasteiger partial charge is 0.253 e. The minimum atomic E-state index is -3.41. The molecule has 1 rings (SSSR count). The van der Waals surface area contributed by atoms with Gasteiger partial charge in [-0.05, 0) is 18.1 Å². The summed E-state index contributed by atoms with van der Waals surface area (Å²) < 4.78 is 47.3. The van der Waals surface area contributed by atoms with Gasteiger partial charge in [0.15, 0.2) is 9.84 Å². The molecule has 1 atom stereocenters. The normalized spacial score (nSPS) is 14.1. The number of nitrogens with two attached hydrogens (primary N) is 1. The van der Waals surface area contributed by atoms with Gasteiger partial charge < -0.3 is 5.73 Å². The molecule has 0 amide bonds. The first-order valence-electron chi connectivity index (χ1n) is 4.64. The van der Waals surface area contributed by atoms with Gasteiger partial charge >= 0.3 is 0 Å². The van der Waals surface area contributed by atoms with E-state index in [1.165, 1.54) is 12.1 Å². The fraction of sp³-hybridized carbons (Fsp3) is 0.400. The molecule has 3 nitrogen and oxygen atoms in total. The third kappa shape index (κ3) is 3.24. The second-order valence-corrected chi connectivity index (χ2v) is 5.57. The second-order valence-electron chi connectivity index (χ2n) is 3.58. The molecule has 1 aromatic rings. The molecule has 0 radical (unpaired) electrons. The van der Waals surface area contributed by atoms with Gasteiger partial charge in [0, 0.05) is 6.26 Å². The van der Waals surface area contributed by atoms with Gasteiger partial charge in [0.2, 0.25) is 0 Å². The molecule has 0 heterocycles. The van der Waals surface area contributed by atoms with Crippen molar-refractivity contribution < 1.29 is 17.2 Å². The van der Waals surface area contributed by atoms with Crippen molar-refractivity contribution in [2.75, 3.05) is 6.26 Å². The van der Waals surface area contributed by atoms with Crippen molar-refractivity contribution in [1.29, 1.82) is 0 Å². The van der Waals surface area contributed by atoms with Gasteiger partial charge in [-0.3, -0.25) is 0 Å². The fourth-order valence-electron chi connectivity index (χ4n) is 1.38. The fourth-order valence-corrected chi connectivity index (χ4v) is 2.33. The molecular formula is C10H13F2NO2S. The van der Waals surface area contributed by atoms with Gasteiger partial charge in [0.25, 0.3) is 6.43 Å². The highest BCUT2D eigenvalue weighted by Gasteiger charge is 2.19. The van der Waals surface area contributed by atoms with Crippen molar-refractivity contribution in [1.82, 2.24) is 0 Å². The third-order valence-electron chi connectivity index (χ3n) is 2.15. The molecule has 0 aromatic heterocycles. The van der Waals surface area contributed by atoms with Gasteiger partial charge in [-0.1, -0.05) is 18.2 Å². The molecule has 0 aliphatic carbocycles. The number of rotatable bonds is 4. The van der Waals surface area contributed by atoms with Crippen LogP contribution in [-0.2, 0) is 16.3 Å². The lowest BCUT2D eigenvalue weighted by Gasteiger charge is -2.12. The summed E-state index contributed by atoms with van der Waals surface area (Å²) in [6.07, 6.45) is -1.77. The molecule has 6 heteroatoms. The summed E-state index contributed by atoms with van der Waals surface area (Å²) in [4.78, 5) is 0.0612. The molecule has 1 unspecified atom stereocenters. The zero-order valence-corrected chi connectivity index (χ0v) is 9.55. The number of sulfone groups is 1. The number of alkyl halides is 2. The SMILES string of the molecule is CS(=O)(=O)c1ccccc1CC(N)C(F)F. The Morgan fingerprint density at radius 2 is 1.88 bits per heavy atom. The highest BCUT2D eigenvalue weighted by Crippen LogP contribution is 2.18. The summed E-state index contributed by atoms with van der Waals surface area (Å²) in [6, 6.07) is 4.69. The van der Waals surface area contributed by atoms with E-state index in [1.54, 1.807) is 12.1 Å². The molecule has 0 spiro atoms. The monoisotopic (exact) mass is 249 g/mol. The number of hydrogen-bond donors (Lipinski definition) is 1.